The van der Waals surface area contributed by atoms with Crippen molar-refractivity contribution >= 4 is 5.91 Å². The molecule has 1 atom stereocenters. The average Bonchev–Trinajstić information content (AvgIpc) is 2.46. The van der Waals surface area contributed by atoms with Gasteiger partial charge < -0.3 is 15.4 Å². The van der Waals surface area contributed by atoms with Crippen molar-refractivity contribution in [2.45, 2.75) is 25.9 Å². The Labute approximate surface area is 120 Å². The van der Waals surface area contributed by atoms with Gasteiger partial charge in [-0.3, -0.25) is 4.79 Å². The Morgan fingerprint density at radius 2 is 2.20 bits per heavy atom. The minimum atomic E-state index is -0.147. The van der Waals surface area contributed by atoms with Crippen molar-refractivity contribution in [2.75, 3.05) is 19.8 Å². The van der Waals surface area contributed by atoms with Crippen LogP contribution in [0.4, 0.5) is 0 Å². The lowest BCUT2D eigenvalue weighted by molar-refractivity contribution is -0.123. The van der Waals surface area contributed by atoms with Gasteiger partial charge in [0.25, 0.3) is 0 Å². The predicted octanol–water partition coefficient (Wildman–Crippen LogP) is 1.41. The van der Waals surface area contributed by atoms with E-state index in [0.717, 1.165) is 18.5 Å². The van der Waals surface area contributed by atoms with E-state index < -0.39 is 0 Å². The van der Waals surface area contributed by atoms with E-state index in [4.69, 9.17) is 4.74 Å². The fourth-order valence-corrected chi connectivity index (χ4v) is 2.26. The highest BCUT2D eigenvalue weighted by Crippen LogP contribution is 2.16. The second-order valence-electron chi connectivity index (χ2n) is 5.21. The van der Waals surface area contributed by atoms with Crippen molar-refractivity contribution in [2.24, 2.45) is 0 Å². The highest BCUT2D eigenvalue weighted by Gasteiger charge is 2.23. The third-order valence-electron chi connectivity index (χ3n) is 3.29. The Morgan fingerprint density at radius 3 is 2.95 bits per heavy atom. The molecule has 0 aliphatic carbocycles. The number of hydrogen-bond acceptors (Lipinski definition) is 3. The summed E-state index contributed by atoms with van der Waals surface area (Å²) in [4.78, 5) is 12.1. The number of carbonyl (C=O) groups excluding carboxylic acids is 1. The standard InChI is InChI=1S/C16H22N2O2/c1-12(2)11-20-8-7-17-16(19)15-9-13-5-3-4-6-14(13)10-18-15/h3-6,15,18H,1,7-11H2,2H3,(H,17,19). The number of nitrogens with one attached hydrogen (secondary N) is 2. The van der Waals surface area contributed by atoms with Crippen LogP contribution in [0.2, 0.25) is 0 Å². The second kappa shape index (κ2) is 7.22. The largest absolute Gasteiger partial charge is 0.375 e. The number of rotatable bonds is 6. The molecule has 108 valence electrons. The first-order chi connectivity index (χ1) is 9.66. The van der Waals surface area contributed by atoms with Gasteiger partial charge in [0, 0.05) is 13.1 Å². The van der Waals surface area contributed by atoms with E-state index in [0.29, 0.717) is 19.8 Å². The zero-order chi connectivity index (χ0) is 14.4. The number of amides is 1. The van der Waals surface area contributed by atoms with E-state index in [-0.39, 0.29) is 11.9 Å². The van der Waals surface area contributed by atoms with Crippen LogP contribution in [0.1, 0.15) is 18.1 Å². The van der Waals surface area contributed by atoms with Gasteiger partial charge in [-0.2, -0.15) is 0 Å². The first-order valence-corrected chi connectivity index (χ1v) is 6.97. The topological polar surface area (TPSA) is 50.4 Å². The van der Waals surface area contributed by atoms with Crippen molar-refractivity contribution < 1.29 is 9.53 Å². The Kier molecular flexibility index (Phi) is 5.32. The molecule has 1 aliphatic heterocycles. The van der Waals surface area contributed by atoms with Crippen LogP contribution < -0.4 is 10.6 Å². The molecule has 0 fully saturated rings. The Bertz CT molecular complexity index is 485. The van der Waals surface area contributed by atoms with E-state index in [9.17, 15) is 4.79 Å². The summed E-state index contributed by atoms with van der Waals surface area (Å²) in [6.45, 7) is 8.03. The summed E-state index contributed by atoms with van der Waals surface area (Å²) in [7, 11) is 0. The molecule has 4 nitrogen and oxygen atoms in total. The summed E-state index contributed by atoms with van der Waals surface area (Å²) in [6.07, 6.45) is 0.745. The van der Waals surface area contributed by atoms with Crippen LogP contribution in [0.25, 0.3) is 0 Å². The Hall–Kier alpha value is -1.65. The lowest BCUT2D eigenvalue weighted by Gasteiger charge is -2.25. The molecule has 0 aromatic heterocycles. The molecule has 1 aromatic carbocycles. The predicted molar refractivity (Wildman–Crippen MR) is 79.4 cm³/mol. The highest BCUT2D eigenvalue weighted by molar-refractivity contribution is 5.82. The first-order valence-electron chi connectivity index (χ1n) is 6.97. The molecule has 0 spiro atoms. The number of carbonyl (C=O) groups is 1. The Balaban J connectivity index is 1.73. The zero-order valence-electron chi connectivity index (χ0n) is 11.9. The van der Waals surface area contributed by atoms with Crippen molar-refractivity contribution in [3.63, 3.8) is 0 Å². The lowest BCUT2D eigenvalue weighted by Crippen LogP contribution is -2.48. The normalized spacial score (nSPS) is 17.4. The molecule has 4 heteroatoms. The number of benzene rings is 1. The van der Waals surface area contributed by atoms with Crippen LogP contribution in [0.3, 0.4) is 0 Å². The molecule has 0 saturated carbocycles. The van der Waals surface area contributed by atoms with Gasteiger partial charge in [0.15, 0.2) is 0 Å². The van der Waals surface area contributed by atoms with E-state index >= 15 is 0 Å². The highest BCUT2D eigenvalue weighted by atomic mass is 16.5. The van der Waals surface area contributed by atoms with Gasteiger partial charge in [0.1, 0.15) is 0 Å². The van der Waals surface area contributed by atoms with E-state index in [1.165, 1.54) is 11.1 Å². The van der Waals surface area contributed by atoms with Crippen molar-refractivity contribution in [3.05, 3.63) is 47.5 Å². The molecular weight excluding hydrogens is 252 g/mol. The number of fused-ring (bicyclic) bond motifs is 1. The van der Waals surface area contributed by atoms with Crippen LogP contribution in [-0.4, -0.2) is 31.7 Å². The zero-order valence-corrected chi connectivity index (χ0v) is 11.9. The number of hydrogen-bond donors (Lipinski definition) is 2. The summed E-state index contributed by atoms with van der Waals surface area (Å²) in [5, 5.41) is 6.17. The van der Waals surface area contributed by atoms with E-state index in [1.807, 2.05) is 19.1 Å². The molecule has 1 unspecified atom stereocenters. The fourth-order valence-electron chi connectivity index (χ4n) is 2.26. The van der Waals surface area contributed by atoms with Crippen molar-refractivity contribution in [3.8, 4) is 0 Å². The molecular formula is C16H22N2O2. The molecule has 20 heavy (non-hydrogen) atoms. The van der Waals surface area contributed by atoms with Gasteiger partial charge >= 0.3 is 0 Å². The van der Waals surface area contributed by atoms with E-state index in [1.54, 1.807) is 0 Å². The van der Waals surface area contributed by atoms with Gasteiger partial charge in [-0.05, 0) is 24.5 Å². The molecule has 1 aliphatic rings. The quantitative estimate of drug-likeness (QED) is 0.609. The molecule has 1 heterocycles. The molecule has 1 amide bonds. The average molecular weight is 274 g/mol. The summed E-state index contributed by atoms with van der Waals surface area (Å²) in [6, 6.07) is 8.09. The molecule has 0 saturated heterocycles. The van der Waals surface area contributed by atoms with Crippen LogP contribution in [0, 0.1) is 0 Å². The number of ether oxygens (including phenoxy) is 1. The third kappa shape index (κ3) is 4.18. The maximum atomic E-state index is 12.1. The Morgan fingerprint density at radius 1 is 1.45 bits per heavy atom. The van der Waals surface area contributed by atoms with E-state index in [2.05, 4.69) is 29.3 Å². The summed E-state index contributed by atoms with van der Waals surface area (Å²) < 4.78 is 5.35. The smallest absolute Gasteiger partial charge is 0.237 e. The van der Waals surface area contributed by atoms with Crippen LogP contribution in [0.5, 0.6) is 0 Å². The van der Waals surface area contributed by atoms with Gasteiger partial charge in [-0.1, -0.05) is 36.4 Å². The van der Waals surface area contributed by atoms with Gasteiger partial charge in [-0.15, -0.1) is 0 Å². The van der Waals surface area contributed by atoms with Crippen LogP contribution >= 0.6 is 0 Å². The SMILES string of the molecule is C=C(C)COCCNC(=O)C1Cc2ccccc2CN1. The van der Waals surface area contributed by atoms with Crippen molar-refractivity contribution in [1.29, 1.82) is 0 Å². The fraction of sp³-hybridized carbons (Fsp3) is 0.438. The molecule has 0 radical (unpaired) electrons. The second-order valence-corrected chi connectivity index (χ2v) is 5.21. The van der Waals surface area contributed by atoms with Gasteiger partial charge in [0.05, 0.1) is 19.3 Å². The lowest BCUT2D eigenvalue weighted by atomic mass is 9.95. The summed E-state index contributed by atoms with van der Waals surface area (Å²) in [5.41, 5.74) is 3.52. The van der Waals surface area contributed by atoms with Gasteiger partial charge in [-0.25, -0.2) is 0 Å². The maximum Gasteiger partial charge on any atom is 0.237 e. The van der Waals surface area contributed by atoms with Crippen LogP contribution in [0.15, 0.2) is 36.4 Å². The van der Waals surface area contributed by atoms with Crippen molar-refractivity contribution in [1.82, 2.24) is 10.6 Å². The summed E-state index contributed by atoms with van der Waals surface area (Å²) >= 11 is 0. The monoisotopic (exact) mass is 274 g/mol. The maximum absolute atomic E-state index is 12.1. The molecule has 1 aromatic rings. The van der Waals surface area contributed by atoms with Gasteiger partial charge in [0.2, 0.25) is 5.91 Å². The molecule has 0 bridgehead atoms. The third-order valence-corrected chi connectivity index (χ3v) is 3.29. The molecule has 2 rings (SSSR count). The summed E-state index contributed by atoms with van der Waals surface area (Å²) in [5.74, 6) is 0.0402. The molecule has 2 N–H and O–H groups in total. The van der Waals surface area contributed by atoms with Crippen LogP contribution in [-0.2, 0) is 22.5 Å². The minimum absolute atomic E-state index is 0.0402. The first kappa shape index (κ1) is 14.8. The minimum Gasteiger partial charge on any atom is -0.375 e.